The number of halogens is 1. The lowest BCUT2D eigenvalue weighted by Gasteiger charge is -2.35. The second-order valence-electron chi connectivity index (χ2n) is 6.64. The fourth-order valence-corrected chi connectivity index (χ4v) is 3.89. The molecule has 2 aromatic rings. The third kappa shape index (κ3) is 3.03. The lowest BCUT2D eigenvalue weighted by molar-refractivity contribution is 0.0737. The van der Waals surface area contributed by atoms with Crippen LogP contribution in [0.5, 0.6) is 0 Å². The Bertz CT molecular complexity index is 683. The first-order valence-electron chi connectivity index (χ1n) is 8.26. The van der Waals surface area contributed by atoms with Gasteiger partial charge in [0.1, 0.15) is 17.5 Å². The molecule has 0 unspecified atom stereocenters. The van der Waals surface area contributed by atoms with Crippen LogP contribution < -0.4 is 10.2 Å². The highest BCUT2D eigenvalue weighted by molar-refractivity contribution is 5.40. The second-order valence-corrected chi connectivity index (χ2v) is 6.64. The maximum atomic E-state index is 13.0. The molecular weight excluding hydrogens is 309 g/mol. The van der Waals surface area contributed by atoms with Gasteiger partial charge >= 0.3 is 0 Å². The normalized spacial score (nSPS) is 29.3. The predicted molar refractivity (Wildman–Crippen MR) is 88.1 cm³/mol. The van der Waals surface area contributed by atoms with Gasteiger partial charge in [-0.05, 0) is 36.8 Å². The van der Waals surface area contributed by atoms with Crippen LogP contribution in [0.15, 0.2) is 36.9 Å². The van der Waals surface area contributed by atoms with Gasteiger partial charge in [-0.15, -0.1) is 0 Å². The zero-order valence-electron chi connectivity index (χ0n) is 13.2. The van der Waals surface area contributed by atoms with Gasteiger partial charge in [-0.1, -0.05) is 0 Å². The molecule has 0 aromatic carbocycles. The van der Waals surface area contributed by atoms with Crippen molar-refractivity contribution < 1.29 is 9.50 Å². The van der Waals surface area contributed by atoms with Crippen molar-refractivity contribution in [1.29, 1.82) is 0 Å². The number of nitrogens with zero attached hydrogens (tertiary/aromatic N) is 4. The molecule has 4 rings (SSSR count). The van der Waals surface area contributed by atoms with Crippen LogP contribution >= 0.6 is 0 Å². The van der Waals surface area contributed by atoms with Crippen molar-refractivity contribution in [2.45, 2.75) is 25.0 Å². The van der Waals surface area contributed by atoms with Crippen LogP contribution in [0.1, 0.15) is 12.8 Å². The number of nitrogens with one attached hydrogen (secondary N) is 1. The SMILES string of the molecule is O[C@@H]1C[C@H]2CN(c3ccc(F)cn3)C[C@H]2C[C@H]1Nc1cnccn1. The first-order chi connectivity index (χ1) is 11.7. The van der Waals surface area contributed by atoms with Gasteiger partial charge in [0.15, 0.2) is 0 Å². The molecule has 0 amide bonds. The predicted octanol–water partition coefficient (Wildman–Crippen LogP) is 1.70. The highest BCUT2D eigenvalue weighted by atomic mass is 19.1. The van der Waals surface area contributed by atoms with Crippen LogP contribution in [0.25, 0.3) is 0 Å². The fraction of sp³-hybridized carbons (Fsp3) is 0.471. The third-order valence-corrected chi connectivity index (χ3v) is 5.07. The quantitative estimate of drug-likeness (QED) is 0.893. The van der Waals surface area contributed by atoms with E-state index in [9.17, 15) is 9.50 Å². The molecule has 4 atom stereocenters. The van der Waals surface area contributed by atoms with Crippen LogP contribution in [0.4, 0.5) is 16.0 Å². The number of aliphatic hydroxyl groups is 1. The molecule has 24 heavy (non-hydrogen) atoms. The Balaban J connectivity index is 1.44. The van der Waals surface area contributed by atoms with Crippen LogP contribution in [0.3, 0.4) is 0 Å². The maximum Gasteiger partial charge on any atom is 0.144 e. The highest BCUT2D eigenvalue weighted by Gasteiger charge is 2.42. The van der Waals surface area contributed by atoms with Crippen molar-refractivity contribution in [3.63, 3.8) is 0 Å². The zero-order chi connectivity index (χ0) is 16.5. The highest BCUT2D eigenvalue weighted by Crippen LogP contribution is 2.38. The summed E-state index contributed by atoms with van der Waals surface area (Å²) < 4.78 is 13.0. The number of pyridine rings is 1. The van der Waals surface area contributed by atoms with E-state index in [4.69, 9.17) is 0 Å². The molecule has 1 aliphatic heterocycles. The molecule has 126 valence electrons. The van der Waals surface area contributed by atoms with Gasteiger partial charge in [-0.25, -0.2) is 14.4 Å². The minimum atomic E-state index is -0.408. The maximum absolute atomic E-state index is 13.0. The van der Waals surface area contributed by atoms with E-state index in [0.29, 0.717) is 17.7 Å². The average molecular weight is 329 g/mol. The van der Waals surface area contributed by atoms with E-state index in [1.165, 1.54) is 12.3 Å². The minimum Gasteiger partial charge on any atom is -0.391 e. The van der Waals surface area contributed by atoms with Crippen molar-refractivity contribution in [2.24, 2.45) is 11.8 Å². The summed E-state index contributed by atoms with van der Waals surface area (Å²) in [6.07, 6.45) is 7.41. The summed E-state index contributed by atoms with van der Waals surface area (Å²) >= 11 is 0. The molecule has 2 aliphatic rings. The van der Waals surface area contributed by atoms with E-state index in [1.807, 2.05) is 0 Å². The molecule has 1 saturated carbocycles. The van der Waals surface area contributed by atoms with Gasteiger partial charge in [-0.2, -0.15) is 0 Å². The second kappa shape index (κ2) is 6.32. The molecule has 0 spiro atoms. The van der Waals surface area contributed by atoms with Crippen molar-refractivity contribution in [1.82, 2.24) is 15.0 Å². The number of anilines is 2. The summed E-state index contributed by atoms with van der Waals surface area (Å²) in [7, 11) is 0. The lowest BCUT2D eigenvalue weighted by Crippen LogP contribution is -2.43. The van der Waals surface area contributed by atoms with Crippen LogP contribution in [-0.4, -0.2) is 45.3 Å². The van der Waals surface area contributed by atoms with Gasteiger partial charge in [0.2, 0.25) is 0 Å². The van der Waals surface area contributed by atoms with Crippen molar-refractivity contribution >= 4 is 11.6 Å². The summed E-state index contributed by atoms with van der Waals surface area (Å²) in [5.41, 5.74) is 0. The van der Waals surface area contributed by atoms with Gasteiger partial charge < -0.3 is 15.3 Å². The largest absolute Gasteiger partial charge is 0.391 e. The average Bonchev–Trinajstić information content (AvgIpc) is 2.99. The van der Waals surface area contributed by atoms with Gasteiger partial charge in [0.05, 0.1) is 24.5 Å². The topological polar surface area (TPSA) is 74.2 Å². The van der Waals surface area contributed by atoms with E-state index in [1.54, 1.807) is 24.7 Å². The lowest BCUT2D eigenvalue weighted by atomic mass is 9.77. The van der Waals surface area contributed by atoms with E-state index in [-0.39, 0.29) is 11.9 Å². The summed E-state index contributed by atoms with van der Waals surface area (Å²) in [6, 6.07) is 3.14. The first-order valence-corrected chi connectivity index (χ1v) is 8.26. The Kier molecular flexibility index (Phi) is 4.02. The molecule has 6 nitrogen and oxygen atoms in total. The Morgan fingerprint density at radius 2 is 1.92 bits per heavy atom. The summed E-state index contributed by atoms with van der Waals surface area (Å²) in [6.45, 7) is 1.74. The molecule has 0 radical (unpaired) electrons. The summed E-state index contributed by atoms with van der Waals surface area (Å²) in [5, 5.41) is 13.8. The summed E-state index contributed by atoms with van der Waals surface area (Å²) in [5.74, 6) is 2.09. The van der Waals surface area contributed by atoms with E-state index >= 15 is 0 Å². The van der Waals surface area contributed by atoms with Crippen LogP contribution in [-0.2, 0) is 0 Å². The molecule has 1 saturated heterocycles. The van der Waals surface area contributed by atoms with Crippen LogP contribution in [0, 0.1) is 17.7 Å². The van der Waals surface area contributed by atoms with E-state index in [0.717, 1.165) is 31.7 Å². The molecule has 2 N–H and O–H groups in total. The summed E-state index contributed by atoms with van der Waals surface area (Å²) in [4.78, 5) is 14.6. The van der Waals surface area contributed by atoms with Crippen LogP contribution in [0.2, 0.25) is 0 Å². The molecule has 2 aromatic heterocycles. The molecule has 2 fully saturated rings. The Labute approximate surface area is 139 Å². The van der Waals surface area contributed by atoms with Gasteiger partial charge in [-0.3, -0.25) is 4.98 Å². The Morgan fingerprint density at radius 3 is 2.62 bits per heavy atom. The number of rotatable bonds is 3. The number of aromatic nitrogens is 3. The fourth-order valence-electron chi connectivity index (χ4n) is 3.89. The van der Waals surface area contributed by atoms with Crippen molar-refractivity contribution in [3.05, 3.63) is 42.7 Å². The number of aliphatic hydroxyl groups excluding tert-OH is 1. The number of hydrogen-bond acceptors (Lipinski definition) is 6. The van der Waals surface area contributed by atoms with E-state index in [2.05, 4.69) is 25.2 Å². The Morgan fingerprint density at radius 1 is 1.08 bits per heavy atom. The molecule has 7 heteroatoms. The standard InChI is InChI=1S/C17H20FN5O/c18-13-1-2-17(21-7-13)23-9-11-5-14(15(24)6-12(11)10-23)22-16-8-19-3-4-20-16/h1-4,7-8,11-12,14-15,24H,5-6,9-10H2,(H,20,22)/t11-,12+,14-,15-/m1/s1. The van der Waals surface area contributed by atoms with E-state index < -0.39 is 6.10 Å². The van der Waals surface area contributed by atoms with Gasteiger partial charge in [0.25, 0.3) is 0 Å². The first kappa shape index (κ1) is 15.3. The molecule has 0 bridgehead atoms. The van der Waals surface area contributed by atoms with Crippen molar-refractivity contribution in [3.8, 4) is 0 Å². The number of hydrogen-bond donors (Lipinski definition) is 2. The van der Waals surface area contributed by atoms with Crippen molar-refractivity contribution in [2.75, 3.05) is 23.3 Å². The molecule has 1 aliphatic carbocycles. The molecular formula is C17H20FN5O. The Hall–Kier alpha value is -2.28. The zero-order valence-corrected chi connectivity index (χ0v) is 13.2. The minimum absolute atomic E-state index is 0.0240. The smallest absolute Gasteiger partial charge is 0.144 e. The monoisotopic (exact) mass is 329 g/mol. The van der Waals surface area contributed by atoms with Gasteiger partial charge in [0, 0.05) is 25.5 Å². The molecule has 3 heterocycles. The number of fused-ring (bicyclic) bond motifs is 1. The third-order valence-electron chi connectivity index (χ3n) is 5.07.